The lowest BCUT2D eigenvalue weighted by Gasteiger charge is -2.06. The normalized spacial score (nSPS) is 10.2. The second-order valence-corrected chi connectivity index (χ2v) is 4.48. The van der Waals surface area contributed by atoms with Crippen LogP contribution in [-0.4, -0.2) is 22.0 Å². The van der Waals surface area contributed by atoms with Gasteiger partial charge in [-0.05, 0) is 34.1 Å². The number of nitrogens with one attached hydrogen (secondary N) is 1. The minimum Gasteiger partial charge on any atom is -0.353 e. The first kappa shape index (κ1) is 11.9. The summed E-state index contributed by atoms with van der Waals surface area (Å²) in [6.07, 6.45) is 7.13. The molecular formula is C12H12BrN3O. The monoisotopic (exact) mass is 293 g/mol. The second kappa shape index (κ2) is 5.63. The van der Waals surface area contributed by atoms with Crippen molar-refractivity contribution in [3.8, 4) is 0 Å². The van der Waals surface area contributed by atoms with Crippen LogP contribution < -0.4 is 5.32 Å². The van der Waals surface area contributed by atoms with Crippen LogP contribution in [0.3, 0.4) is 0 Å². The Hall–Kier alpha value is -1.62. The molecular weight excluding hydrogens is 282 g/mol. The maximum absolute atomic E-state index is 11.7. The molecule has 0 saturated heterocycles. The zero-order valence-corrected chi connectivity index (χ0v) is 10.7. The van der Waals surface area contributed by atoms with Crippen LogP contribution in [0.5, 0.6) is 0 Å². The number of pyridine rings is 1. The Kier molecular flexibility index (Phi) is 3.93. The molecule has 0 radical (unpaired) electrons. The van der Waals surface area contributed by atoms with Crippen LogP contribution in [0.15, 0.2) is 47.5 Å². The molecule has 2 aromatic rings. The number of amides is 1. The summed E-state index contributed by atoms with van der Waals surface area (Å²) in [4.78, 5) is 15.7. The fourth-order valence-corrected chi connectivity index (χ4v) is 1.82. The van der Waals surface area contributed by atoms with Crippen LogP contribution in [0, 0.1) is 0 Å². The number of aromatic nitrogens is 2. The van der Waals surface area contributed by atoms with Gasteiger partial charge in [-0.2, -0.15) is 0 Å². The van der Waals surface area contributed by atoms with Gasteiger partial charge in [0.15, 0.2) is 0 Å². The van der Waals surface area contributed by atoms with E-state index in [4.69, 9.17) is 0 Å². The van der Waals surface area contributed by atoms with Gasteiger partial charge in [0.2, 0.25) is 0 Å². The van der Waals surface area contributed by atoms with Crippen LogP contribution in [0.25, 0.3) is 0 Å². The molecule has 88 valence electrons. The van der Waals surface area contributed by atoms with E-state index in [-0.39, 0.29) is 5.91 Å². The lowest BCUT2D eigenvalue weighted by molar-refractivity contribution is 0.0952. The van der Waals surface area contributed by atoms with Crippen molar-refractivity contribution in [3.63, 3.8) is 0 Å². The lowest BCUT2D eigenvalue weighted by Crippen LogP contribution is -2.27. The third-order valence-electron chi connectivity index (χ3n) is 2.29. The predicted octanol–water partition coefficient (Wildman–Crippen LogP) is 2.08. The van der Waals surface area contributed by atoms with Crippen molar-refractivity contribution < 1.29 is 4.79 Å². The van der Waals surface area contributed by atoms with E-state index in [9.17, 15) is 4.79 Å². The minimum atomic E-state index is -0.106. The summed E-state index contributed by atoms with van der Waals surface area (Å²) in [7, 11) is 0. The number of hydrogen-bond donors (Lipinski definition) is 1. The molecule has 5 heteroatoms. The zero-order valence-electron chi connectivity index (χ0n) is 9.14. The third-order valence-corrected chi connectivity index (χ3v) is 2.72. The quantitative estimate of drug-likeness (QED) is 0.938. The summed E-state index contributed by atoms with van der Waals surface area (Å²) >= 11 is 3.28. The molecule has 4 nitrogen and oxygen atoms in total. The molecule has 0 aliphatic rings. The molecule has 2 aromatic heterocycles. The first-order valence-corrected chi connectivity index (χ1v) is 6.04. The first-order chi connectivity index (χ1) is 8.25. The molecule has 1 amide bonds. The smallest absolute Gasteiger partial charge is 0.252 e. The summed E-state index contributed by atoms with van der Waals surface area (Å²) in [5.74, 6) is -0.106. The Bertz CT molecular complexity index is 496. The fraction of sp³-hybridized carbons (Fsp3) is 0.167. The van der Waals surface area contributed by atoms with Gasteiger partial charge in [-0.25, -0.2) is 0 Å². The van der Waals surface area contributed by atoms with Crippen molar-refractivity contribution in [2.24, 2.45) is 0 Å². The van der Waals surface area contributed by atoms with Gasteiger partial charge in [0.1, 0.15) is 0 Å². The second-order valence-electron chi connectivity index (χ2n) is 3.57. The van der Waals surface area contributed by atoms with Crippen LogP contribution in [0.2, 0.25) is 0 Å². The SMILES string of the molecule is O=C(NCCn1cccc1)c1cncc(Br)c1. The van der Waals surface area contributed by atoms with Crippen LogP contribution in [0.1, 0.15) is 10.4 Å². The highest BCUT2D eigenvalue weighted by Gasteiger charge is 2.05. The largest absolute Gasteiger partial charge is 0.353 e. The molecule has 0 saturated carbocycles. The molecule has 0 fully saturated rings. The molecule has 0 spiro atoms. The van der Waals surface area contributed by atoms with Gasteiger partial charge in [-0.15, -0.1) is 0 Å². The number of carbonyl (C=O) groups is 1. The average Bonchev–Trinajstić information content (AvgIpc) is 2.82. The van der Waals surface area contributed by atoms with Crippen molar-refractivity contribution in [1.82, 2.24) is 14.9 Å². The van der Waals surface area contributed by atoms with Crippen LogP contribution in [-0.2, 0) is 6.54 Å². The summed E-state index contributed by atoms with van der Waals surface area (Å²) < 4.78 is 2.81. The van der Waals surface area contributed by atoms with E-state index >= 15 is 0 Å². The molecule has 0 aliphatic heterocycles. The van der Waals surface area contributed by atoms with Gasteiger partial charge in [-0.1, -0.05) is 0 Å². The van der Waals surface area contributed by atoms with Crippen LogP contribution in [0.4, 0.5) is 0 Å². The van der Waals surface area contributed by atoms with E-state index < -0.39 is 0 Å². The highest BCUT2D eigenvalue weighted by Crippen LogP contribution is 2.09. The van der Waals surface area contributed by atoms with Crippen molar-refractivity contribution in [2.45, 2.75) is 6.54 Å². The Morgan fingerprint density at radius 1 is 1.35 bits per heavy atom. The highest BCUT2D eigenvalue weighted by atomic mass is 79.9. The van der Waals surface area contributed by atoms with E-state index in [1.165, 1.54) is 0 Å². The number of hydrogen-bond acceptors (Lipinski definition) is 2. The van der Waals surface area contributed by atoms with Gasteiger partial charge >= 0.3 is 0 Å². The summed E-state index contributed by atoms with van der Waals surface area (Å²) in [6.45, 7) is 1.36. The molecule has 0 atom stereocenters. The maximum atomic E-state index is 11.7. The maximum Gasteiger partial charge on any atom is 0.252 e. The molecule has 0 aliphatic carbocycles. The van der Waals surface area contributed by atoms with Gasteiger partial charge in [0.05, 0.1) is 5.56 Å². The van der Waals surface area contributed by atoms with Crippen molar-refractivity contribution >= 4 is 21.8 Å². The number of carbonyl (C=O) groups excluding carboxylic acids is 1. The Morgan fingerprint density at radius 3 is 2.82 bits per heavy atom. The Balaban J connectivity index is 1.85. The molecule has 1 N–H and O–H groups in total. The van der Waals surface area contributed by atoms with E-state index in [0.717, 1.165) is 11.0 Å². The average molecular weight is 294 g/mol. The molecule has 0 aromatic carbocycles. The highest BCUT2D eigenvalue weighted by molar-refractivity contribution is 9.10. The Labute approximate surface area is 108 Å². The zero-order chi connectivity index (χ0) is 12.1. The fourth-order valence-electron chi connectivity index (χ4n) is 1.46. The minimum absolute atomic E-state index is 0.106. The van der Waals surface area contributed by atoms with Gasteiger partial charge in [0, 0.05) is 42.3 Å². The summed E-state index contributed by atoms with van der Waals surface area (Å²) in [6, 6.07) is 5.66. The van der Waals surface area contributed by atoms with E-state index in [2.05, 4.69) is 26.2 Å². The third kappa shape index (κ3) is 3.42. The number of halogens is 1. The van der Waals surface area contributed by atoms with E-state index in [0.29, 0.717) is 12.1 Å². The lowest BCUT2D eigenvalue weighted by atomic mass is 10.3. The standard InChI is InChI=1S/C12H12BrN3O/c13-11-7-10(8-14-9-11)12(17)15-3-6-16-4-1-2-5-16/h1-2,4-5,7-9H,3,6H2,(H,15,17). The van der Waals surface area contributed by atoms with Crippen molar-refractivity contribution in [1.29, 1.82) is 0 Å². The van der Waals surface area contributed by atoms with Crippen LogP contribution >= 0.6 is 15.9 Å². The topological polar surface area (TPSA) is 46.9 Å². The summed E-state index contributed by atoms with van der Waals surface area (Å²) in [5.41, 5.74) is 0.562. The van der Waals surface area contributed by atoms with Crippen molar-refractivity contribution in [2.75, 3.05) is 6.54 Å². The molecule has 17 heavy (non-hydrogen) atoms. The molecule has 0 bridgehead atoms. The molecule has 0 unspecified atom stereocenters. The van der Waals surface area contributed by atoms with Gasteiger partial charge in [-0.3, -0.25) is 9.78 Å². The van der Waals surface area contributed by atoms with E-state index in [1.54, 1.807) is 18.5 Å². The predicted molar refractivity (Wildman–Crippen MR) is 68.7 cm³/mol. The Morgan fingerprint density at radius 2 is 2.12 bits per heavy atom. The van der Waals surface area contributed by atoms with Gasteiger partial charge in [0.25, 0.3) is 5.91 Å². The number of rotatable bonds is 4. The van der Waals surface area contributed by atoms with Gasteiger partial charge < -0.3 is 9.88 Å². The molecule has 2 rings (SSSR count). The number of nitrogens with zero attached hydrogens (tertiary/aromatic N) is 2. The summed E-state index contributed by atoms with van der Waals surface area (Å²) in [5, 5.41) is 2.84. The van der Waals surface area contributed by atoms with Crippen molar-refractivity contribution in [3.05, 3.63) is 53.0 Å². The molecule has 2 heterocycles. The first-order valence-electron chi connectivity index (χ1n) is 5.25. The van der Waals surface area contributed by atoms with E-state index in [1.807, 2.05) is 29.1 Å².